The van der Waals surface area contributed by atoms with Crippen molar-refractivity contribution in [3.05, 3.63) is 77.8 Å². The highest BCUT2D eigenvalue weighted by atomic mass is 35.5. The number of halogens is 1. The number of aromatic nitrogens is 3. The minimum atomic E-state index is -3.48. The van der Waals surface area contributed by atoms with Gasteiger partial charge in [0.2, 0.25) is 10.0 Å². The summed E-state index contributed by atoms with van der Waals surface area (Å²) < 4.78 is 25.6. The standard InChI is InChI=1S/C22H20ClN5O2S/c1-31(29,30)28-20-12-17(13-25-21(20)23)16-7-8-19-18(11-16)22(27-14-26-19)24-10-9-15-5-3-2-4-6-15/h2-8,11-14,28H,9-10H2,1H3,(H,24,26,27). The van der Waals surface area contributed by atoms with Crippen LogP contribution in [-0.2, 0) is 16.4 Å². The van der Waals surface area contributed by atoms with Gasteiger partial charge in [0.15, 0.2) is 5.15 Å². The van der Waals surface area contributed by atoms with Gasteiger partial charge in [-0.15, -0.1) is 0 Å². The van der Waals surface area contributed by atoms with Crippen LogP contribution in [0.1, 0.15) is 5.56 Å². The van der Waals surface area contributed by atoms with E-state index >= 15 is 0 Å². The average molecular weight is 454 g/mol. The summed E-state index contributed by atoms with van der Waals surface area (Å²) in [5.74, 6) is 0.735. The lowest BCUT2D eigenvalue weighted by Gasteiger charge is -2.11. The first-order chi connectivity index (χ1) is 14.9. The molecule has 0 unspecified atom stereocenters. The van der Waals surface area contributed by atoms with Crippen LogP contribution in [0.25, 0.3) is 22.0 Å². The summed E-state index contributed by atoms with van der Waals surface area (Å²) in [7, 11) is -3.48. The topological polar surface area (TPSA) is 96.9 Å². The second kappa shape index (κ2) is 8.87. The number of hydrogen-bond donors (Lipinski definition) is 2. The van der Waals surface area contributed by atoms with E-state index in [1.54, 1.807) is 12.3 Å². The minimum Gasteiger partial charge on any atom is -0.369 e. The predicted octanol–water partition coefficient (Wildman–Crippen LogP) is 4.37. The number of rotatable bonds is 7. The summed E-state index contributed by atoms with van der Waals surface area (Å²) in [6, 6.07) is 17.6. The molecule has 0 spiro atoms. The highest BCUT2D eigenvalue weighted by Gasteiger charge is 2.11. The van der Waals surface area contributed by atoms with E-state index in [0.29, 0.717) is 0 Å². The van der Waals surface area contributed by atoms with Crippen molar-refractivity contribution in [1.29, 1.82) is 0 Å². The Morgan fingerprint density at radius 2 is 1.77 bits per heavy atom. The fourth-order valence-corrected chi connectivity index (χ4v) is 3.99. The van der Waals surface area contributed by atoms with Crippen molar-refractivity contribution in [3.8, 4) is 11.1 Å². The largest absolute Gasteiger partial charge is 0.369 e. The molecule has 4 rings (SSSR count). The number of fused-ring (bicyclic) bond motifs is 1. The van der Waals surface area contributed by atoms with Gasteiger partial charge >= 0.3 is 0 Å². The van der Waals surface area contributed by atoms with Gasteiger partial charge in [-0.2, -0.15) is 0 Å². The number of anilines is 2. The van der Waals surface area contributed by atoms with Gasteiger partial charge in [-0.25, -0.2) is 23.4 Å². The Morgan fingerprint density at radius 3 is 2.55 bits per heavy atom. The highest BCUT2D eigenvalue weighted by molar-refractivity contribution is 7.92. The van der Waals surface area contributed by atoms with Gasteiger partial charge in [-0.3, -0.25) is 4.72 Å². The van der Waals surface area contributed by atoms with Crippen LogP contribution < -0.4 is 10.0 Å². The smallest absolute Gasteiger partial charge is 0.229 e. The van der Waals surface area contributed by atoms with Gasteiger partial charge in [0, 0.05) is 23.7 Å². The van der Waals surface area contributed by atoms with Gasteiger partial charge in [0.1, 0.15) is 12.1 Å². The average Bonchev–Trinajstić information content (AvgIpc) is 2.75. The van der Waals surface area contributed by atoms with Crippen molar-refractivity contribution in [1.82, 2.24) is 15.0 Å². The Balaban J connectivity index is 1.63. The Morgan fingerprint density at radius 1 is 0.968 bits per heavy atom. The number of benzene rings is 2. The quantitative estimate of drug-likeness (QED) is 0.403. The maximum absolute atomic E-state index is 11.6. The normalized spacial score (nSPS) is 11.4. The van der Waals surface area contributed by atoms with Gasteiger partial charge < -0.3 is 5.32 Å². The van der Waals surface area contributed by atoms with Crippen molar-refractivity contribution >= 4 is 44.0 Å². The lowest BCUT2D eigenvalue weighted by Crippen LogP contribution is -2.10. The van der Waals surface area contributed by atoms with E-state index in [1.165, 1.54) is 11.9 Å². The van der Waals surface area contributed by atoms with Crippen LogP contribution in [0, 0.1) is 0 Å². The van der Waals surface area contributed by atoms with Crippen molar-refractivity contribution < 1.29 is 8.42 Å². The Labute approximate surface area is 185 Å². The van der Waals surface area contributed by atoms with E-state index in [1.807, 2.05) is 36.4 Å². The highest BCUT2D eigenvalue weighted by Crippen LogP contribution is 2.30. The van der Waals surface area contributed by atoms with Crippen LogP contribution in [-0.4, -0.2) is 36.2 Å². The zero-order chi connectivity index (χ0) is 21.8. The molecular weight excluding hydrogens is 434 g/mol. The van der Waals surface area contributed by atoms with Crippen LogP contribution in [0.5, 0.6) is 0 Å². The SMILES string of the molecule is CS(=O)(=O)Nc1cc(-c2ccc3ncnc(NCCc4ccccc4)c3c2)cnc1Cl. The second-order valence-electron chi connectivity index (χ2n) is 7.05. The van der Waals surface area contributed by atoms with Crippen LogP contribution >= 0.6 is 11.6 Å². The molecule has 4 aromatic rings. The van der Waals surface area contributed by atoms with Gasteiger partial charge in [0.05, 0.1) is 17.5 Å². The summed E-state index contributed by atoms with van der Waals surface area (Å²) in [6.45, 7) is 0.727. The number of hydrogen-bond acceptors (Lipinski definition) is 6. The summed E-state index contributed by atoms with van der Waals surface area (Å²) in [6.07, 6.45) is 5.07. The molecule has 9 heteroatoms. The molecule has 0 saturated carbocycles. The summed E-state index contributed by atoms with van der Waals surface area (Å²) in [5, 5.41) is 4.33. The summed E-state index contributed by atoms with van der Waals surface area (Å²) in [4.78, 5) is 12.9. The Kier molecular flexibility index (Phi) is 6.01. The molecule has 0 bridgehead atoms. The summed E-state index contributed by atoms with van der Waals surface area (Å²) >= 11 is 6.05. The molecule has 0 saturated heterocycles. The van der Waals surface area contributed by atoms with E-state index in [2.05, 4.69) is 37.1 Å². The molecule has 0 atom stereocenters. The van der Waals surface area contributed by atoms with Crippen LogP contribution in [0.2, 0.25) is 5.15 Å². The van der Waals surface area contributed by atoms with E-state index in [-0.39, 0.29) is 10.8 Å². The minimum absolute atomic E-state index is 0.0848. The fourth-order valence-electron chi connectivity index (χ4n) is 3.22. The first-order valence-corrected chi connectivity index (χ1v) is 11.8. The van der Waals surface area contributed by atoms with E-state index in [4.69, 9.17) is 11.6 Å². The fraction of sp³-hybridized carbons (Fsp3) is 0.136. The molecule has 7 nitrogen and oxygen atoms in total. The first kappa shape index (κ1) is 21.0. The predicted molar refractivity (Wildman–Crippen MR) is 125 cm³/mol. The number of sulfonamides is 1. The zero-order valence-electron chi connectivity index (χ0n) is 16.7. The maximum Gasteiger partial charge on any atom is 0.229 e. The van der Waals surface area contributed by atoms with Crippen LogP contribution in [0.3, 0.4) is 0 Å². The third-order valence-corrected chi connectivity index (χ3v) is 5.54. The first-order valence-electron chi connectivity index (χ1n) is 9.55. The molecule has 2 aromatic carbocycles. The van der Waals surface area contributed by atoms with E-state index in [0.717, 1.165) is 47.1 Å². The molecule has 0 amide bonds. The number of nitrogens with one attached hydrogen (secondary N) is 2. The molecular formula is C22H20ClN5O2S. The second-order valence-corrected chi connectivity index (χ2v) is 9.16. The summed E-state index contributed by atoms with van der Waals surface area (Å²) in [5.41, 5.74) is 3.84. The molecule has 0 aliphatic rings. The molecule has 0 aliphatic heterocycles. The molecule has 0 radical (unpaired) electrons. The molecule has 2 N–H and O–H groups in total. The lowest BCUT2D eigenvalue weighted by atomic mass is 10.0. The van der Waals surface area contributed by atoms with Crippen molar-refractivity contribution in [3.63, 3.8) is 0 Å². The van der Waals surface area contributed by atoms with Gasteiger partial charge in [0.25, 0.3) is 0 Å². The van der Waals surface area contributed by atoms with Gasteiger partial charge in [-0.1, -0.05) is 48.0 Å². The number of pyridine rings is 1. The van der Waals surface area contributed by atoms with E-state index < -0.39 is 10.0 Å². The molecule has 158 valence electrons. The van der Waals surface area contributed by atoms with Crippen LogP contribution in [0.15, 0.2) is 67.1 Å². The maximum atomic E-state index is 11.6. The molecule has 2 heterocycles. The molecule has 2 aromatic heterocycles. The molecule has 0 fully saturated rings. The number of nitrogens with zero attached hydrogens (tertiary/aromatic N) is 3. The Bertz CT molecular complexity index is 1330. The third kappa shape index (κ3) is 5.28. The van der Waals surface area contributed by atoms with Crippen molar-refractivity contribution in [2.45, 2.75) is 6.42 Å². The molecule has 0 aliphatic carbocycles. The zero-order valence-corrected chi connectivity index (χ0v) is 18.3. The third-order valence-electron chi connectivity index (χ3n) is 4.65. The van der Waals surface area contributed by atoms with Crippen molar-refractivity contribution in [2.75, 3.05) is 22.8 Å². The molecule has 31 heavy (non-hydrogen) atoms. The Hall–Kier alpha value is -3.23. The van der Waals surface area contributed by atoms with Crippen molar-refractivity contribution in [2.24, 2.45) is 0 Å². The van der Waals surface area contributed by atoms with Crippen LogP contribution in [0.4, 0.5) is 11.5 Å². The lowest BCUT2D eigenvalue weighted by molar-refractivity contribution is 0.607. The monoisotopic (exact) mass is 453 g/mol. The van der Waals surface area contributed by atoms with E-state index in [9.17, 15) is 8.42 Å². The van der Waals surface area contributed by atoms with Gasteiger partial charge in [-0.05, 0) is 35.7 Å².